The Balaban J connectivity index is 1.65. The lowest BCUT2D eigenvalue weighted by molar-refractivity contribution is -0.119. The zero-order valence-electron chi connectivity index (χ0n) is 12.8. The summed E-state index contributed by atoms with van der Waals surface area (Å²) < 4.78 is 6.07. The Morgan fingerprint density at radius 2 is 2.12 bits per heavy atom. The smallest absolute Gasteiger partial charge is 0.311 e. The maximum Gasteiger partial charge on any atom is 0.442 e. The van der Waals surface area contributed by atoms with E-state index < -0.39 is 5.76 Å². The first-order valence-corrected chi connectivity index (χ1v) is 8.60. The van der Waals surface area contributed by atoms with Gasteiger partial charge in [-0.15, -0.1) is 11.3 Å². The highest BCUT2D eigenvalue weighted by atomic mass is 32.1. The first kappa shape index (κ1) is 14.9. The van der Waals surface area contributed by atoms with Crippen molar-refractivity contribution in [2.45, 2.75) is 19.4 Å². The van der Waals surface area contributed by atoms with E-state index in [4.69, 9.17) is 4.52 Å². The third kappa shape index (κ3) is 2.56. The summed E-state index contributed by atoms with van der Waals surface area (Å²) in [5.74, 6) is -0.351. The third-order valence-corrected chi connectivity index (χ3v) is 5.00. The normalized spacial score (nSPS) is 13.8. The molecule has 1 aliphatic heterocycles. The van der Waals surface area contributed by atoms with Gasteiger partial charge in [0.15, 0.2) is 5.82 Å². The van der Waals surface area contributed by atoms with Gasteiger partial charge in [-0.25, -0.2) is 9.36 Å². The van der Waals surface area contributed by atoms with Crippen LogP contribution in [-0.2, 0) is 17.8 Å². The molecule has 0 N–H and O–H groups in total. The molecule has 7 heteroatoms. The summed E-state index contributed by atoms with van der Waals surface area (Å²) >= 11 is 1.45. The van der Waals surface area contributed by atoms with Crippen LogP contribution in [0.2, 0.25) is 0 Å². The van der Waals surface area contributed by atoms with Crippen molar-refractivity contribution in [2.24, 2.45) is 0 Å². The Morgan fingerprint density at radius 1 is 1.25 bits per heavy atom. The SMILES string of the molecule is O=C(Cn1c(-c2cccs2)noc1=O)N1CCCc2ccccc21. The number of amides is 1. The van der Waals surface area contributed by atoms with Crippen LogP contribution < -0.4 is 10.7 Å². The number of rotatable bonds is 3. The molecule has 0 aliphatic carbocycles. The summed E-state index contributed by atoms with van der Waals surface area (Å²) in [6, 6.07) is 11.6. The number of anilines is 1. The average molecular weight is 341 g/mol. The molecule has 1 amide bonds. The minimum absolute atomic E-state index is 0.0795. The molecule has 122 valence electrons. The van der Waals surface area contributed by atoms with E-state index in [2.05, 4.69) is 5.16 Å². The molecule has 0 atom stereocenters. The van der Waals surface area contributed by atoms with Crippen LogP contribution in [-0.4, -0.2) is 22.2 Å². The highest BCUT2D eigenvalue weighted by molar-refractivity contribution is 7.13. The number of hydrogen-bond donors (Lipinski definition) is 0. The first-order valence-electron chi connectivity index (χ1n) is 7.73. The zero-order chi connectivity index (χ0) is 16.5. The molecule has 0 fully saturated rings. The summed E-state index contributed by atoms with van der Waals surface area (Å²) in [6.45, 7) is 0.577. The van der Waals surface area contributed by atoms with E-state index >= 15 is 0 Å². The van der Waals surface area contributed by atoms with E-state index in [0.29, 0.717) is 12.4 Å². The van der Waals surface area contributed by atoms with Gasteiger partial charge in [0.1, 0.15) is 6.54 Å². The van der Waals surface area contributed by atoms with Gasteiger partial charge in [0, 0.05) is 12.2 Å². The molecule has 0 spiro atoms. The molecule has 1 aliphatic rings. The predicted octanol–water partition coefficient (Wildman–Crippen LogP) is 2.54. The summed E-state index contributed by atoms with van der Waals surface area (Å²) in [6.07, 6.45) is 1.88. The van der Waals surface area contributed by atoms with Crippen LogP contribution in [0, 0.1) is 0 Å². The number of carbonyl (C=O) groups excluding carboxylic acids is 1. The van der Waals surface area contributed by atoms with E-state index in [1.807, 2.05) is 41.8 Å². The number of hydrogen-bond acceptors (Lipinski definition) is 5. The summed E-state index contributed by atoms with van der Waals surface area (Å²) in [4.78, 5) is 27.3. The quantitative estimate of drug-likeness (QED) is 0.734. The lowest BCUT2D eigenvalue weighted by Crippen LogP contribution is -2.39. The summed E-state index contributed by atoms with van der Waals surface area (Å²) in [5.41, 5.74) is 2.09. The Hall–Kier alpha value is -2.67. The van der Waals surface area contributed by atoms with Crippen molar-refractivity contribution in [3.8, 4) is 10.7 Å². The highest BCUT2D eigenvalue weighted by Crippen LogP contribution is 2.27. The van der Waals surface area contributed by atoms with Crippen molar-refractivity contribution in [1.82, 2.24) is 9.72 Å². The van der Waals surface area contributed by atoms with Gasteiger partial charge >= 0.3 is 5.76 Å². The molecule has 24 heavy (non-hydrogen) atoms. The van der Waals surface area contributed by atoms with Gasteiger partial charge in [-0.2, -0.15) is 0 Å². The maximum absolute atomic E-state index is 12.8. The average Bonchev–Trinajstić information content (AvgIpc) is 3.25. The lowest BCUT2D eigenvalue weighted by Gasteiger charge is -2.29. The van der Waals surface area contributed by atoms with E-state index in [1.165, 1.54) is 15.9 Å². The van der Waals surface area contributed by atoms with Crippen LogP contribution in [0.1, 0.15) is 12.0 Å². The van der Waals surface area contributed by atoms with E-state index in [-0.39, 0.29) is 12.5 Å². The van der Waals surface area contributed by atoms with Crippen LogP contribution in [0.25, 0.3) is 10.7 Å². The number of benzene rings is 1. The second-order valence-corrected chi connectivity index (χ2v) is 6.56. The molecule has 0 bridgehead atoms. The maximum atomic E-state index is 12.8. The second kappa shape index (κ2) is 6.09. The van der Waals surface area contributed by atoms with Crippen LogP contribution in [0.15, 0.2) is 51.1 Å². The number of para-hydroxylation sites is 1. The van der Waals surface area contributed by atoms with Gasteiger partial charge in [0.2, 0.25) is 5.91 Å². The number of nitrogens with zero attached hydrogens (tertiary/aromatic N) is 3. The molecule has 4 rings (SSSR count). The van der Waals surface area contributed by atoms with Crippen molar-refractivity contribution < 1.29 is 9.32 Å². The van der Waals surface area contributed by atoms with Crippen LogP contribution in [0.5, 0.6) is 0 Å². The van der Waals surface area contributed by atoms with Crippen LogP contribution in [0.4, 0.5) is 5.69 Å². The number of thiophene rings is 1. The van der Waals surface area contributed by atoms with Crippen molar-refractivity contribution >= 4 is 22.9 Å². The van der Waals surface area contributed by atoms with Gasteiger partial charge in [-0.1, -0.05) is 29.4 Å². The fraction of sp³-hybridized carbons (Fsp3) is 0.235. The molecular formula is C17H15N3O3S. The minimum atomic E-state index is -0.614. The van der Waals surface area contributed by atoms with E-state index in [1.54, 1.807) is 4.90 Å². The Bertz CT molecular complexity index is 927. The summed E-state index contributed by atoms with van der Waals surface area (Å²) in [5, 5.41) is 5.71. The molecular weight excluding hydrogens is 326 g/mol. The van der Waals surface area contributed by atoms with Crippen molar-refractivity contribution in [1.29, 1.82) is 0 Å². The monoisotopic (exact) mass is 341 g/mol. The largest absolute Gasteiger partial charge is 0.442 e. The highest BCUT2D eigenvalue weighted by Gasteiger charge is 2.24. The van der Waals surface area contributed by atoms with Crippen LogP contribution in [0.3, 0.4) is 0 Å². The van der Waals surface area contributed by atoms with Crippen molar-refractivity contribution in [3.05, 3.63) is 57.9 Å². The topological polar surface area (TPSA) is 68.3 Å². The van der Waals surface area contributed by atoms with E-state index in [0.717, 1.165) is 29.0 Å². The summed E-state index contributed by atoms with van der Waals surface area (Å²) in [7, 11) is 0. The lowest BCUT2D eigenvalue weighted by atomic mass is 10.0. The molecule has 0 unspecified atom stereocenters. The number of fused-ring (bicyclic) bond motifs is 1. The molecule has 0 saturated carbocycles. The van der Waals surface area contributed by atoms with Crippen LogP contribution >= 0.6 is 11.3 Å². The molecule has 1 aromatic carbocycles. The third-order valence-electron chi connectivity index (χ3n) is 4.13. The van der Waals surface area contributed by atoms with Gasteiger partial charge in [-0.3, -0.25) is 9.32 Å². The molecule has 3 aromatic rings. The molecule has 3 heterocycles. The second-order valence-electron chi connectivity index (χ2n) is 5.61. The number of aryl methyl sites for hydroxylation is 1. The molecule has 2 aromatic heterocycles. The minimum Gasteiger partial charge on any atom is -0.311 e. The van der Waals surface area contributed by atoms with Crippen molar-refractivity contribution in [3.63, 3.8) is 0 Å². The predicted molar refractivity (Wildman–Crippen MR) is 91.2 cm³/mol. The van der Waals surface area contributed by atoms with E-state index in [9.17, 15) is 9.59 Å². The molecule has 6 nitrogen and oxygen atoms in total. The number of aromatic nitrogens is 2. The van der Waals surface area contributed by atoms with Gasteiger partial charge in [-0.05, 0) is 35.9 Å². The van der Waals surface area contributed by atoms with Gasteiger partial charge < -0.3 is 4.90 Å². The fourth-order valence-electron chi connectivity index (χ4n) is 3.00. The van der Waals surface area contributed by atoms with Gasteiger partial charge in [0.05, 0.1) is 4.88 Å². The van der Waals surface area contributed by atoms with Gasteiger partial charge in [0.25, 0.3) is 0 Å². The zero-order valence-corrected chi connectivity index (χ0v) is 13.7. The molecule has 0 radical (unpaired) electrons. The Morgan fingerprint density at radius 3 is 2.96 bits per heavy atom. The first-order chi connectivity index (χ1) is 11.7. The Kier molecular flexibility index (Phi) is 3.78. The Labute approximate surface area is 141 Å². The standard InChI is InChI=1S/C17H15N3O3S/c21-15(19-9-3-6-12-5-1-2-7-13(12)19)11-20-16(18-23-17(20)22)14-8-4-10-24-14/h1-2,4-5,7-8,10H,3,6,9,11H2. The van der Waals surface area contributed by atoms with Crippen molar-refractivity contribution in [2.75, 3.05) is 11.4 Å². The number of carbonyl (C=O) groups is 1. The fourth-order valence-corrected chi connectivity index (χ4v) is 3.72. The molecule has 0 saturated heterocycles.